The molecule has 3 amide bonds. The molecule has 0 radical (unpaired) electrons. The quantitative estimate of drug-likeness (QED) is 0.0911. The van der Waals surface area contributed by atoms with Gasteiger partial charge in [0, 0.05) is 35.6 Å². The predicted octanol–water partition coefficient (Wildman–Crippen LogP) is 5.24. The van der Waals surface area contributed by atoms with E-state index in [2.05, 4.69) is 32.5 Å². The molecule has 212 valence electrons. The molecule has 3 aromatic carbocycles. The number of hydroxylamine groups is 1. The van der Waals surface area contributed by atoms with Crippen LogP contribution in [0.4, 0.5) is 17.3 Å². The van der Waals surface area contributed by atoms with E-state index in [-0.39, 0.29) is 28.7 Å². The second kappa shape index (κ2) is 14.2. The van der Waals surface area contributed by atoms with Gasteiger partial charge in [0.25, 0.3) is 11.8 Å². The zero-order valence-corrected chi connectivity index (χ0v) is 22.8. The molecule has 0 unspecified atom stereocenters. The Kier molecular flexibility index (Phi) is 9.97. The number of aromatic nitrogens is 2. The molecule has 5 N–H and O–H groups in total. The molecule has 0 aliphatic heterocycles. The molecule has 4 aromatic rings. The lowest BCUT2D eigenvalue weighted by Gasteiger charge is -2.11. The van der Waals surface area contributed by atoms with Crippen molar-refractivity contribution in [3.05, 3.63) is 119 Å². The van der Waals surface area contributed by atoms with Crippen molar-refractivity contribution in [2.75, 3.05) is 10.6 Å². The Hall–Kier alpha value is -5.52. The Morgan fingerprint density at radius 1 is 0.976 bits per heavy atom. The summed E-state index contributed by atoms with van der Waals surface area (Å²) in [5, 5.41) is 17.3. The monoisotopic (exact) mass is 584 g/mol. The second-order valence-corrected chi connectivity index (χ2v) is 9.01. The lowest BCUT2D eigenvalue weighted by Crippen LogP contribution is -2.22. The number of amides is 3. The van der Waals surface area contributed by atoms with Crippen LogP contribution in [0.15, 0.2) is 97.7 Å². The first kappa shape index (κ1) is 29.5. The highest BCUT2D eigenvalue weighted by Gasteiger charge is 2.11. The van der Waals surface area contributed by atoms with Crippen LogP contribution in [0.1, 0.15) is 21.5 Å². The maximum absolute atomic E-state index is 12.6. The molecule has 0 fully saturated rings. The maximum atomic E-state index is 12.6. The molecular formula is C30H25ClN6O5. The van der Waals surface area contributed by atoms with Gasteiger partial charge in [0.1, 0.15) is 10.8 Å². The molecule has 0 bridgehead atoms. The van der Waals surface area contributed by atoms with Gasteiger partial charge in [0.05, 0.1) is 6.20 Å². The van der Waals surface area contributed by atoms with Gasteiger partial charge in [0.15, 0.2) is 0 Å². The fraction of sp³-hybridized carbons (Fsp3) is 0.0333. The highest BCUT2D eigenvalue weighted by Crippen LogP contribution is 2.29. The Balaban J connectivity index is 1.34. The van der Waals surface area contributed by atoms with Crippen LogP contribution >= 0.6 is 11.6 Å². The number of benzene rings is 3. The van der Waals surface area contributed by atoms with E-state index in [0.29, 0.717) is 29.2 Å². The number of ether oxygens (including phenoxy) is 1. The maximum Gasteiger partial charge on any atom is 0.267 e. The van der Waals surface area contributed by atoms with Gasteiger partial charge in [-0.2, -0.15) is 4.98 Å². The number of anilines is 3. The molecule has 1 aromatic heterocycles. The minimum absolute atomic E-state index is 0.108. The standard InChI is InChI=1S/C30H25ClN6O5/c1-2-26(38)34-23-4-3-5-24(16-23)42-29-25(31)18-33-30(36-29)35-22-13-11-21(12-14-22)28(40)32-17-20-8-6-19(7-9-20)10-15-27(39)37-41/h2-16,18,41H,1,17H2,(H,32,40)(H,34,38)(H,37,39)(H,33,35,36)/b15-10+. The summed E-state index contributed by atoms with van der Waals surface area (Å²) >= 11 is 6.23. The minimum atomic E-state index is -0.623. The van der Waals surface area contributed by atoms with Gasteiger partial charge in [-0.25, -0.2) is 10.5 Å². The van der Waals surface area contributed by atoms with Gasteiger partial charge in [-0.1, -0.05) is 48.5 Å². The number of nitrogens with zero attached hydrogens (tertiary/aromatic N) is 2. The van der Waals surface area contributed by atoms with Crippen LogP contribution in [0.5, 0.6) is 11.6 Å². The highest BCUT2D eigenvalue weighted by atomic mass is 35.5. The van der Waals surface area contributed by atoms with E-state index in [9.17, 15) is 14.4 Å². The first-order valence-corrected chi connectivity index (χ1v) is 12.8. The van der Waals surface area contributed by atoms with Crippen molar-refractivity contribution < 1.29 is 24.3 Å². The van der Waals surface area contributed by atoms with Crippen molar-refractivity contribution in [3.8, 4) is 11.6 Å². The summed E-state index contributed by atoms with van der Waals surface area (Å²) in [7, 11) is 0. The average Bonchev–Trinajstić information content (AvgIpc) is 3.01. The number of halogens is 1. The number of rotatable bonds is 11. The van der Waals surface area contributed by atoms with Crippen molar-refractivity contribution in [2.24, 2.45) is 0 Å². The third-order valence-corrected chi connectivity index (χ3v) is 5.85. The summed E-state index contributed by atoms with van der Waals surface area (Å²) in [6.07, 6.45) is 5.32. The smallest absolute Gasteiger partial charge is 0.267 e. The molecular weight excluding hydrogens is 560 g/mol. The summed E-state index contributed by atoms with van der Waals surface area (Å²) in [6, 6.07) is 20.7. The summed E-state index contributed by atoms with van der Waals surface area (Å²) in [5.41, 5.74) is 4.77. The van der Waals surface area contributed by atoms with Crippen LogP contribution in [0, 0.1) is 0 Å². The summed E-state index contributed by atoms with van der Waals surface area (Å²) < 4.78 is 5.81. The van der Waals surface area contributed by atoms with E-state index < -0.39 is 5.91 Å². The van der Waals surface area contributed by atoms with E-state index in [0.717, 1.165) is 17.2 Å². The normalized spacial score (nSPS) is 10.5. The summed E-state index contributed by atoms with van der Waals surface area (Å²) in [6.45, 7) is 3.74. The lowest BCUT2D eigenvalue weighted by atomic mass is 10.1. The molecule has 0 aliphatic rings. The molecule has 0 atom stereocenters. The van der Waals surface area contributed by atoms with Crippen molar-refractivity contribution >= 4 is 52.7 Å². The fourth-order valence-corrected chi connectivity index (χ4v) is 3.63. The number of nitrogens with one attached hydrogen (secondary N) is 4. The second-order valence-electron chi connectivity index (χ2n) is 8.61. The van der Waals surface area contributed by atoms with E-state index in [1.807, 2.05) is 12.1 Å². The van der Waals surface area contributed by atoms with Crippen LogP contribution in [-0.4, -0.2) is 32.9 Å². The number of carbonyl (C=O) groups excluding carboxylic acids is 3. The first-order chi connectivity index (χ1) is 20.3. The fourth-order valence-electron chi connectivity index (χ4n) is 3.50. The van der Waals surface area contributed by atoms with Crippen molar-refractivity contribution in [2.45, 2.75) is 6.54 Å². The predicted molar refractivity (Wildman–Crippen MR) is 159 cm³/mol. The minimum Gasteiger partial charge on any atom is -0.437 e. The highest BCUT2D eigenvalue weighted by molar-refractivity contribution is 6.31. The van der Waals surface area contributed by atoms with Gasteiger partial charge in [-0.05, 0) is 59.7 Å². The molecule has 4 rings (SSSR count). The van der Waals surface area contributed by atoms with E-state index >= 15 is 0 Å². The number of hydrogen-bond acceptors (Lipinski definition) is 8. The number of carbonyl (C=O) groups is 3. The zero-order valence-electron chi connectivity index (χ0n) is 22.0. The molecule has 0 spiro atoms. The van der Waals surface area contributed by atoms with Crippen LogP contribution in [0.2, 0.25) is 5.02 Å². The van der Waals surface area contributed by atoms with Crippen LogP contribution in [-0.2, 0) is 16.1 Å². The van der Waals surface area contributed by atoms with E-state index in [1.165, 1.54) is 17.8 Å². The number of hydrogen-bond donors (Lipinski definition) is 5. The third kappa shape index (κ3) is 8.49. The Labute approximate surface area is 245 Å². The molecule has 0 saturated carbocycles. The SMILES string of the molecule is C=CC(=O)Nc1cccc(Oc2nc(Nc3ccc(C(=O)NCc4ccc(/C=C/C(=O)NO)cc4)cc3)ncc2Cl)c1. The van der Waals surface area contributed by atoms with Crippen LogP contribution in [0.3, 0.4) is 0 Å². The van der Waals surface area contributed by atoms with E-state index in [1.54, 1.807) is 66.7 Å². The largest absolute Gasteiger partial charge is 0.437 e. The molecule has 1 heterocycles. The average molecular weight is 585 g/mol. The third-order valence-electron chi connectivity index (χ3n) is 5.59. The molecule has 11 nitrogen and oxygen atoms in total. The van der Waals surface area contributed by atoms with E-state index in [4.69, 9.17) is 21.5 Å². The summed E-state index contributed by atoms with van der Waals surface area (Å²) in [5.74, 6) is -0.499. The van der Waals surface area contributed by atoms with Gasteiger partial charge in [0.2, 0.25) is 17.7 Å². The summed E-state index contributed by atoms with van der Waals surface area (Å²) in [4.78, 5) is 43.8. The van der Waals surface area contributed by atoms with Crippen molar-refractivity contribution in [1.82, 2.24) is 20.8 Å². The van der Waals surface area contributed by atoms with Gasteiger partial charge in [-0.3, -0.25) is 19.6 Å². The lowest BCUT2D eigenvalue weighted by molar-refractivity contribution is -0.124. The Bertz CT molecular complexity index is 1620. The molecule has 0 saturated heterocycles. The molecule has 0 aliphatic carbocycles. The van der Waals surface area contributed by atoms with Crippen LogP contribution < -0.4 is 26.2 Å². The van der Waals surface area contributed by atoms with Gasteiger partial charge < -0.3 is 20.7 Å². The first-order valence-electron chi connectivity index (χ1n) is 12.4. The van der Waals surface area contributed by atoms with Gasteiger partial charge in [-0.15, -0.1) is 0 Å². The Morgan fingerprint density at radius 3 is 2.45 bits per heavy atom. The Morgan fingerprint density at radius 2 is 1.74 bits per heavy atom. The van der Waals surface area contributed by atoms with Crippen LogP contribution in [0.25, 0.3) is 6.08 Å². The zero-order chi connectivity index (χ0) is 29.9. The van der Waals surface area contributed by atoms with Crippen molar-refractivity contribution in [3.63, 3.8) is 0 Å². The molecule has 12 heteroatoms. The topological polar surface area (TPSA) is 155 Å². The van der Waals surface area contributed by atoms with Gasteiger partial charge >= 0.3 is 0 Å². The molecule has 42 heavy (non-hydrogen) atoms. The van der Waals surface area contributed by atoms with Crippen molar-refractivity contribution in [1.29, 1.82) is 0 Å².